The highest BCUT2D eigenvalue weighted by atomic mass is 32.1. The van der Waals surface area contributed by atoms with Crippen LogP contribution in [-0.2, 0) is 20.7 Å². The molecular weight excluding hydrogens is 517 g/mol. The van der Waals surface area contributed by atoms with Gasteiger partial charge in [-0.1, -0.05) is 33.3 Å². The molecule has 0 bridgehead atoms. The van der Waals surface area contributed by atoms with Gasteiger partial charge in [0.25, 0.3) is 0 Å². The van der Waals surface area contributed by atoms with Crippen LogP contribution in [0.3, 0.4) is 0 Å². The summed E-state index contributed by atoms with van der Waals surface area (Å²) in [5, 5.41) is 16.1. The van der Waals surface area contributed by atoms with Crippen molar-refractivity contribution in [3.63, 3.8) is 0 Å². The lowest BCUT2D eigenvalue weighted by Gasteiger charge is -2.61. The Morgan fingerprint density at radius 2 is 2.05 bits per heavy atom. The minimum absolute atomic E-state index is 0.00490. The molecule has 3 fully saturated rings. The van der Waals surface area contributed by atoms with E-state index in [4.69, 9.17) is 4.74 Å². The second-order valence-corrected chi connectivity index (χ2v) is 13.0. The quantitative estimate of drug-likeness (QED) is 0.316. The van der Waals surface area contributed by atoms with E-state index in [1.165, 1.54) is 17.8 Å². The molecule has 7 nitrogen and oxygen atoms in total. The Morgan fingerprint density at radius 3 is 2.72 bits per heavy atom. The number of carbonyl (C=O) groups excluding carboxylic acids is 2. The van der Waals surface area contributed by atoms with Gasteiger partial charge in [0.2, 0.25) is 11.1 Å². The number of hydrogen-bond donors (Lipinski definition) is 2. The third-order valence-corrected chi connectivity index (χ3v) is 11.1. The highest BCUT2D eigenvalue weighted by molar-refractivity contribution is 7.96. The van der Waals surface area contributed by atoms with Crippen molar-refractivity contribution < 1.29 is 23.8 Å². The van der Waals surface area contributed by atoms with E-state index < -0.39 is 34.2 Å². The number of allylic oxidation sites excluding steroid dienone is 1. The van der Waals surface area contributed by atoms with Crippen molar-refractivity contribution in [1.82, 2.24) is 14.8 Å². The van der Waals surface area contributed by atoms with Gasteiger partial charge in [-0.25, -0.2) is 9.67 Å². The number of rotatable bonds is 4. The SMILES string of the molecule is CCC(=O)O[C@]1(C(=O)S)CC[C@H]2[C@@H]3C[C@H](C)C4=Cc5c(cnn5-c5ccc(F)nc5)C[C@]4(C)[C@H]3[C@@H](O)C[C@@]21C. The Labute approximate surface area is 233 Å². The first-order valence-electron chi connectivity index (χ1n) is 14.0. The highest BCUT2D eigenvalue weighted by Crippen LogP contribution is 2.69. The lowest BCUT2D eigenvalue weighted by Crippen LogP contribution is -2.63. The van der Waals surface area contributed by atoms with Gasteiger partial charge < -0.3 is 9.84 Å². The first kappa shape index (κ1) is 26.7. The summed E-state index contributed by atoms with van der Waals surface area (Å²) < 4.78 is 21.2. The minimum Gasteiger partial charge on any atom is -0.449 e. The summed E-state index contributed by atoms with van der Waals surface area (Å²) in [6.45, 7) is 8.26. The van der Waals surface area contributed by atoms with Gasteiger partial charge in [-0.05, 0) is 85.0 Å². The van der Waals surface area contributed by atoms with Crippen LogP contribution in [0, 0.1) is 40.4 Å². The van der Waals surface area contributed by atoms with Crippen LogP contribution in [0.2, 0.25) is 0 Å². The fourth-order valence-corrected chi connectivity index (χ4v) is 9.55. The molecule has 8 atom stereocenters. The van der Waals surface area contributed by atoms with Crippen molar-refractivity contribution in [3.8, 4) is 5.69 Å². The summed E-state index contributed by atoms with van der Waals surface area (Å²) in [7, 11) is 0. The van der Waals surface area contributed by atoms with E-state index >= 15 is 0 Å². The number of aliphatic hydroxyl groups is 1. The lowest BCUT2D eigenvalue weighted by molar-refractivity contribution is -0.197. The van der Waals surface area contributed by atoms with Crippen LogP contribution in [0.4, 0.5) is 4.39 Å². The first-order valence-corrected chi connectivity index (χ1v) is 14.4. The number of thiol groups is 1. The predicted molar refractivity (Wildman–Crippen MR) is 146 cm³/mol. The predicted octanol–water partition coefficient (Wildman–Crippen LogP) is 4.95. The molecule has 2 aromatic rings. The van der Waals surface area contributed by atoms with Crippen LogP contribution in [-0.4, -0.2) is 42.7 Å². The zero-order valence-corrected chi connectivity index (χ0v) is 23.7. The second-order valence-electron chi connectivity index (χ2n) is 12.6. The Bertz CT molecular complexity index is 1370. The van der Waals surface area contributed by atoms with E-state index in [1.54, 1.807) is 13.0 Å². The maximum atomic E-state index is 13.5. The number of pyridine rings is 1. The lowest BCUT2D eigenvalue weighted by atomic mass is 9.44. The van der Waals surface area contributed by atoms with E-state index in [1.807, 2.05) is 17.8 Å². The van der Waals surface area contributed by atoms with Crippen molar-refractivity contribution in [3.05, 3.63) is 47.3 Å². The monoisotopic (exact) mass is 553 g/mol. The third-order valence-electron chi connectivity index (χ3n) is 10.7. The van der Waals surface area contributed by atoms with E-state index in [-0.39, 0.29) is 35.5 Å². The van der Waals surface area contributed by atoms with E-state index in [0.717, 1.165) is 30.5 Å². The molecule has 3 saturated carbocycles. The largest absolute Gasteiger partial charge is 0.449 e. The average Bonchev–Trinajstić information content (AvgIpc) is 3.41. The van der Waals surface area contributed by atoms with Crippen molar-refractivity contribution in [1.29, 1.82) is 0 Å². The molecule has 4 aliphatic rings. The molecule has 0 amide bonds. The van der Waals surface area contributed by atoms with Gasteiger partial charge in [-0.3, -0.25) is 9.59 Å². The third kappa shape index (κ3) is 3.64. The molecule has 0 aromatic carbocycles. The standard InChI is InChI=1S/C30H36FN3O4S/c1-5-25(36)38-30(27(37)39)9-8-20-19-10-16(2)21-11-22-17(14-33-34(22)18-6-7-24(31)32-15-18)12-28(21,3)26(19)23(35)13-29(20,30)4/h6-7,11,14-16,19-20,23,26,35H,5,8-10,12-13H2,1-4H3,(H,37,39)/t16-,19-,20-,23-,26+,28-,29-,30-/m0/s1. The topological polar surface area (TPSA) is 94.3 Å². The smallest absolute Gasteiger partial charge is 0.306 e. The van der Waals surface area contributed by atoms with Gasteiger partial charge in [0.05, 0.1) is 29.9 Å². The number of nitrogens with zero attached hydrogens (tertiary/aromatic N) is 3. The van der Waals surface area contributed by atoms with Crippen LogP contribution in [0.15, 0.2) is 30.1 Å². The molecule has 0 aliphatic heterocycles. The van der Waals surface area contributed by atoms with Gasteiger partial charge in [0, 0.05) is 11.8 Å². The van der Waals surface area contributed by atoms with Crippen LogP contribution in [0.1, 0.15) is 71.1 Å². The molecule has 0 spiro atoms. The maximum Gasteiger partial charge on any atom is 0.306 e. The number of ether oxygens (including phenoxy) is 1. The first-order chi connectivity index (χ1) is 18.4. The number of hydrogen-bond acceptors (Lipinski definition) is 6. The van der Waals surface area contributed by atoms with Crippen LogP contribution in [0.25, 0.3) is 11.8 Å². The Morgan fingerprint density at radius 1 is 1.28 bits per heavy atom. The Hall–Kier alpha value is -2.52. The number of esters is 1. The number of halogens is 1. The molecule has 6 rings (SSSR count). The summed E-state index contributed by atoms with van der Waals surface area (Å²) in [5.74, 6) is -0.400. The molecule has 0 saturated heterocycles. The molecule has 4 aliphatic carbocycles. The fourth-order valence-electron chi connectivity index (χ4n) is 9.14. The van der Waals surface area contributed by atoms with Gasteiger partial charge in [-0.2, -0.15) is 9.49 Å². The molecule has 1 N–H and O–H groups in total. The second kappa shape index (κ2) is 8.99. The number of aliphatic hydroxyl groups excluding tert-OH is 1. The maximum absolute atomic E-state index is 13.5. The summed E-state index contributed by atoms with van der Waals surface area (Å²) >= 11 is 4.25. The molecule has 9 heteroatoms. The van der Waals surface area contributed by atoms with Crippen molar-refractivity contribution >= 4 is 29.8 Å². The number of fused-ring (bicyclic) bond motifs is 6. The van der Waals surface area contributed by atoms with E-state index in [2.05, 4.69) is 42.6 Å². The molecule has 39 heavy (non-hydrogen) atoms. The van der Waals surface area contributed by atoms with Crippen molar-refractivity contribution in [2.24, 2.45) is 34.5 Å². The summed E-state index contributed by atoms with van der Waals surface area (Å²) in [5.41, 5.74) is 1.77. The molecule has 2 aromatic heterocycles. The molecule has 0 unspecified atom stereocenters. The van der Waals surface area contributed by atoms with Gasteiger partial charge in [0.1, 0.15) is 0 Å². The zero-order valence-electron chi connectivity index (χ0n) is 22.9. The molecule has 0 radical (unpaired) electrons. The van der Waals surface area contributed by atoms with E-state index in [0.29, 0.717) is 18.5 Å². The van der Waals surface area contributed by atoms with Gasteiger partial charge in [-0.15, -0.1) is 12.6 Å². The van der Waals surface area contributed by atoms with Crippen molar-refractivity contribution in [2.75, 3.05) is 0 Å². The molecule has 2 heterocycles. The van der Waals surface area contributed by atoms with Crippen LogP contribution >= 0.6 is 12.6 Å². The minimum atomic E-state index is -1.32. The summed E-state index contributed by atoms with van der Waals surface area (Å²) in [6.07, 6.45) is 8.29. The summed E-state index contributed by atoms with van der Waals surface area (Å²) in [6, 6.07) is 3.01. The number of aromatic nitrogens is 3. The van der Waals surface area contributed by atoms with Crippen molar-refractivity contribution in [2.45, 2.75) is 77.9 Å². The zero-order chi connectivity index (χ0) is 27.9. The fraction of sp³-hybridized carbons (Fsp3) is 0.600. The Balaban J connectivity index is 1.39. The Kier molecular flexibility index (Phi) is 6.16. The van der Waals surface area contributed by atoms with Gasteiger partial charge in [0.15, 0.2) is 5.60 Å². The average molecular weight is 554 g/mol. The molecule has 208 valence electrons. The van der Waals surface area contributed by atoms with Crippen LogP contribution in [0.5, 0.6) is 0 Å². The normalized spacial score (nSPS) is 38.6. The van der Waals surface area contributed by atoms with E-state index in [9.17, 15) is 19.1 Å². The number of carbonyl (C=O) groups is 2. The van der Waals surface area contributed by atoms with Crippen LogP contribution < -0.4 is 0 Å². The molecular formula is C30H36FN3O4S. The van der Waals surface area contributed by atoms with Gasteiger partial charge >= 0.3 is 5.97 Å². The summed E-state index contributed by atoms with van der Waals surface area (Å²) in [4.78, 5) is 29.3. The highest BCUT2D eigenvalue weighted by Gasteiger charge is 2.70.